The van der Waals surface area contributed by atoms with Gasteiger partial charge in [0, 0.05) is 0 Å². The number of hydrogen-bond acceptors (Lipinski definition) is 4. The van der Waals surface area contributed by atoms with Gasteiger partial charge < -0.3 is 19.7 Å². The van der Waals surface area contributed by atoms with Gasteiger partial charge in [0.2, 0.25) is 0 Å². The molecule has 0 aliphatic rings. The minimum atomic E-state index is 0.181. The van der Waals surface area contributed by atoms with Crippen LogP contribution < -0.4 is 9.47 Å². The number of ether oxygens (including phenoxy) is 2. The summed E-state index contributed by atoms with van der Waals surface area (Å²) in [4.78, 5) is 0. The number of rotatable bonds is 8. The van der Waals surface area contributed by atoms with Crippen LogP contribution in [0.2, 0.25) is 0 Å². The fourth-order valence-corrected chi connectivity index (χ4v) is 2.33. The Morgan fingerprint density at radius 3 is 1.84 bits per heavy atom. The van der Waals surface area contributed by atoms with Gasteiger partial charge in [-0.1, -0.05) is 51.0 Å². The molecule has 0 bridgehead atoms. The molecular formula is C21H30O4. The van der Waals surface area contributed by atoms with Gasteiger partial charge in [-0.05, 0) is 43.5 Å². The second-order valence-electron chi connectivity index (χ2n) is 5.78. The Morgan fingerprint density at radius 1 is 0.840 bits per heavy atom. The summed E-state index contributed by atoms with van der Waals surface area (Å²) in [5.74, 6) is 1.53. The molecule has 2 aromatic carbocycles. The molecule has 0 heterocycles. The molecule has 4 nitrogen and oxygen atoms in total. The van der Waals surface area contributed by atoms with Crippen molar-refractivity contribution < 1.29 is 19.7 Å². The first-order valence-electron chi connectivity index (χ1n) is 8.88. The van der Waals surface area contributed by atoms with E-state index in [4.69, 9.17) is 14.6 Å². The highest BCUT2D eigenvalue weighted by Gasteiger charge is 2.09. The average molecular weight is 346 g/mol. The van der Waals surface area contributed by atoms with Crippen LogP contribution in [0.1, 0.15) is 46.0 Å². The zero-order valence-corrected chi connectivity index (χ0v) is 15.4. The Labute approximate surface area is 151 Å². The molecule has 0 aliphatic carbocycles. The molecule has 2 rings (SSSR count). The molecule has 0 saturated heterocycles. The van der Waals surface area contributed by atoms with E-state index in [1.165, 1.54) is 26.4 Å². The van der Waals surface area contributed by atoms with Crippen LogP contribution in [0.4, 0.5) is 0 Å². The van der Waals surface area contributed by atoms with E-state index in [2.05, 4.69) is 13.8 Å². The number of methoxy groups -OCH3 is 1. The predicted octanol–water partition coefficient (Wildman–Crippen LogP) is 5.53. The Balaban J connectivity index is 0.000000293. The molecule has 0 saturated carbocycles. The fraction of sp³-hybridized carbons (Fsp3) is 0.429. The van der Waals surface area contributed by atoms with Crippen LogP contribution in [0.25, 0.3) is 0 Å². The van der Waals surface area contributed by atoms with Gasteiger partial charge in [-0.2, -0.15) is 0 Å². The van der Waals surface area contributed by atoms with Gasteiger partial charge in [0.15, 0.2) is 23.0 Å². The largest absolute Gasteiger partial charge is 0.504 e. The summed E-state index contributed by atoms with van der Waals surface area (Å²) in [6, 6.07) is 14.0. The zero-order chi connectivity index (χ0) is 18.5. The second-order valence-corrected chi connectivity index (χ2v) is 5.78. The molecule has 2 N–H and O–H groups in total. The van der Waals surface area contributed by atoms with Crippen molar-refractivity contribution in [2.45, 2.75) is 52.1 Å². The van der Waals surface area contributed by atoms with Gasteiger partial charge in [0.25, 0.3) is 0 Å². The summed E-state index contributed by atoms with van der Waals surface area (Å²) in [5, 5.41) is 18.6. The lowest BCUT2D eigenvalue weighted by atomic mass is 10.1. The molecule has 0 amide bonds. The molecule has 0 radical (unpaired) electrons. The molecule has 0 spiro atoms. The Morgan fingerprint density at radius 2 is 1.40 bits per heavy atom. The minimum Gasteiger partial charge on any atom is -0.504 e. The quantitative estimate of drug-likeness (QED) is 0.617. The molecule has 25 heavy (non-hydrogen) atoms. The lowest BCUT2D eigenvalue weighted by molar-refractivity contribution is 0.176. The van der Waals surface area contributed by atoms with Crippen molar-refractivity contribution >= 4 is 0 Å². The summed E-state index contributed by atoms with van der Waals surface area (Å²) in [6.45, 7) is 4.32. The molecule has 1 unspecified atom stereocenters. The van der Waals surface area contributed by atoms with Crippen LogP contribution >= 0.6 is 0 Å². The lowest BCUT2D eigenvalue weighted by Crippen LogP contribution is -2.15. The van der Waals surface area contributed by atoms with Gasteiger partial charge in [0.1, 0.15) is 0 Å². The van der Waals surface area contributed by atoms with Crippen LogP contribution in [0.3, 0.4) is 0 Å². The van der Waals surface area contributed by atoms with Crippen LogP contribution in [-0.4, -0.2) is 23.4 Å². The van der Waals surface area contributed by atoms with Crippen molar-refractivity contribution in [3.8, 4) is 23.0 Å². The number of unbranched alkanes of at least 4 members (excludes halogenated alkanes) is 2. The van der Waals surface area contributed by atoms with E-state index in [9.17, 15) is 5.11 Å². The predicted molar refractivity (Wildman–Crippen MR) is 102 cm³/mol. The fourth-order valence-electron chi connectivity index (χ4n) is 2.33. The average Bonchev–Trinajstić information content (AvgIpc) is 2.63. The summed E-state index contributed by atoms with van der Waals surface area (Å²) in [5.41, 5.74) is 0. The first-order chi connectivity index (χ1) is 12.1. The third kappa shape index (κ3) is 7.84. The minimum absolute atomic E-state index is 0.181. The summed E-state index contributed by atoms with van der Waals surface area (Å²) in [6.07, 6.45) is 5.95. The van der Waals surface area contributed by atoms with Crippen molar-refractivity contribution in [1.29, 1.82) is 0 Å². The van der Waals surface area contributed by atoms with Gasteiger partial charge in [-0.25, -0.2) is 0 Å². The SMILES string of the molecule is CCCCCC(CC)Oc1ccccc1O.COc1ccccc1O. The lowest BCUT2D eigenvalue weighted by Gasteiger charge is -2.18. The normalized spacial score (nSPS) is 11.2. The summed E-state index contributed by atoms with van der Waals surface area (Å²) < 4.78 is 10.6. The monoisotopic (exact) mass is 346 g/mol. The summed E-state index contributed by atoms with van der Waals surface area (Å²) >= 11 is 0. The molecule has 138 valence electrons. The van der Waals surface area contributed by atoms with Crippen molar-refractivity contribution in [1.82, 2.24) is 0 Å². The van der Waals surface area contributed by atoms with Crippen molar-refractivity contribution in [2.75, 3.05) is 7.11 Å². The highest BCUT2D eigenvalue weighted by Crippen LogP contribution is 2.27. The topological polar surface area (TPSA) is 58.9 Å². The van der Waals surface area contributed by atoms with Crippen molar-refractivity contribution in [2.24, 2.45) is 0 Å². The maximum atomic E-state index is 9.60. The van der Waals surface area contributed by atoms with Gasteiger partial charge >= 0.3 is 0 Å². The molecule has 0 fully saturated rings. The standard InChI is InChI=1S/C14H22O2.C7H8O2/c1-3-5-6-9-12(4-2)16-14-11-8-7-10-13(14)15;1-9-7-5-3-2-4-6(7)8/h7-8,10-12,15H,3-6,9H2,1-2H3;2-5,8H,1H3. The van der Waals surface area contributed by atoms with Crippen LogP contribution in [0.15, 0.2) is 48.5 Å². The molecule has 0 aromatic heterocycles. The third-order valence-corrected chi connectivity index (χ3v) is 3.83. The van der Waals surface area contributed by atoms with Gasteiger partial charge in [-0.3, -0.25) is 0 Å². The molecule has 4 heteroatoms. The first kappa shape index (κ1) is 20.7. The first-order valence-corrected chi connectivity index (χ1v) is 8.88. The van der Waals surface area contributed by atoms with Crippen LogP contribution in [0.5, 0.6) is 23.0 Å². The Kier molecular flexibility index (Phi) is 9.98. The van der Waals surface area contributed by atoms with E-state index in [-0.39, 0.29) is 17.6 Å². The van der Waals surface area contributed by atoms with E-state index in [1.54, 1.807) is 36.4 Å². The zero-order valence-electron chi connectivity index (χ0n) is 15.4. The van der Waals surface area contributed by atoms with Gasteiger partial charge in [-0.15, -0.1) is 0 Å². The van der Waals surface area contributed by atoms with Crippen LogP contribution in [-0.2, 0) is 0 Å². The number of para-hydroxylation sites is 4. The Hall–Kier alpha value is -2.36. The van der Waals surface area contributed by atoms with Crippen molar-refractivity contribution in [3.63, 3.8) is 0 Å². The molecule has 2 aromatic rings. The number of phenolic OH excluding ortho intramolecular Hbond substituents is 2. The third-order valence-electron chi connectivity index (χ3n) is 3.83. The highest BCUT2D eigenvalue weighted by molar-refractivity contribution is 5.38. The van der Waals surface area contributed by atoms with E-state index in [1.807, 2.05) is 12.1 Å². The van der Waals surface area contributed by atoms with Gasteiger partial charge in [0.05, 0.1) is 13.2 Å². The number of hydrogen-bond donors (Lipinski definition) is 2. The van der Waals surface area contributed by atoms with E-state index in [0.717, 1.165) is 12.8 Å². The maximum Gasteiger partial charge on any atom is 0.161 e. The number of aromatic hydroxyl groups is 2. The maximum absolute atomic E-state index is 9.60. The summed E-state index contributed by atoms with van der Waals surface area (Å²) in [7, 11) is 1.52. The van der Waals surface area contributed by atoms with Crippen LogP contribution in [0, 0.1) is 0 Å². The Bertz CT molecular complexity index is 598. The van der Waals surface area contributed by atoms with E-state index in [0.29, 0.717) is 11.5 Å². The van der Waals surface area contributed by atoms with E-state index >= 15 is 0 Å². The number of phenols is 2. The number of benzene rings is 2. The smallest absolute Gasteiger partial charge is 0.161 e. The highest BCUT2D eigenvalue weighted by atomic mass is 16.5. The molecule has 1 atom stereocenters. The second kappa shape index (κ2) is 12.1. The van der Waals surface area contributed by atoms with Crippen molar-refractivity contribution in [3.05, 3.63) is 48.5 Å². The van der Waals surface area contributed by atoms with E-state index < -0.39 is 0 Å². The molecule has 0 aliphatic heterocycles. The molecular weight excluding hydrogens is 316 g/mol.